The minimum absolute atomic E-state index is 0.185. The molecule has 4 nitrogen and oxygen atoms in total. The summed E-state index contributed by atoms with van der Waals surface area (Å²) in [4.78, 5) is 21.4. The molecule has 0 amide bonds. The molecular formula is C9H14O4. The molecule has 0 radical (unpaired) electrons. The van der Waals surface area contributed by atoms with Gasteiger partial charge in [0.15, 0.2) is 5.92 Å². The highest BCUT2D eigenvalue weighted by atomic mass is 16.4. The fraction of sp³-hybridized carbons (Fsp3) is 0.778. The Morgan fingerprint density at radius 2 is 1.77 bits per heavy atom. The summed E-state index contributed by atoms with van der Waals surface area (Å²) >= 11 is 0. The first-order valence-corrected chi connectivity index (χ1v) is 4.49. The molecule has 2 unspecified atom stereocenters. The van der Waals surface area contributed by atoms with Gasteiger partial charge in [0, 0.05) is 0 Å². The second-order valence-electron chi connectivity index (χ2n) is 3.73. The molecular weight excluding hydrogens is 172 g/mol. The molecule has 0 aromatic heterocycles. The van der Waals surface area contributed by atoms with E-state index in [1.807, 2.05) is 6.92 Å². The lowest BCUT2D eigenvalue weighted by molar-refractivity contribution is -0.157. The van der Waals surface area contributed by atoms with Crippen LogP contribution in [0.25, 0.3) is 0 Å². The van der Waals surface area contributed by atoms with E-state index in [0.29, 0.717) is 0 Å². The van der Waals surface area contributed by atoms with E-state index in [1.165, 1.54) is 0 Å². The van der Waals surface area contributed by atoms with E-state index >= 15 is 0 Å². The van der Waals surface area contributed by atoms with Crippen molar-refractivity contribution in [1.29, 1.82) is 0 Å². The fourth-order valence-electron chi connectivity index (χ4n) is 2.14. The number of rotatable bonds is 3. The molecule has 1 fully saturated rings. The molecule has 0 aromatic rings. The molecule has 74 valence electrons. The van der Waals surface area contributed by atoms with E-state index in [0.717, 1.165) is 19.3 Å². The van der Waals surface area contributed by atoms with Crippen LogP contribution in [0.5, 0.6) is 0 Å². The molecule has 0 aromatic carbocycles. The fourth-order valence-corrected chi connectivity index (χ4v) is 2.14. The molecule has 0 spiro atoms. The Hall–Kier alpha value is -1.06. The molecule has 1 rings (SSSR count). The number of carboxylic acid groups (broad SMARTS) is 2. The van der Waals surface area contributed by atoms with E-state index < -0.39 is 17.9 Å². The van der Waals surface area contributed by atoms with Gasteiger partial charge in [-0.1, -0.05) is 19.8 Å². The van der Waals surface area contributed by atoms with Crippen molar-refractivity contribution in [2.24, 2.45) is 17.8 Å². The number of aliphatic carboxylic acids is 2. The van der Waals surface area contributed by atoms with Crippen LogP contribution in [0.15, 0.2) is 0 Å². The van der Waals surface area contributed by atoms with Crippen molar-refractivity contribution in [3.63, 3.8) is 0 Å². The van der Waals surface area contributed by atoms with Gasteiger partial charge >= 0.3 is 11.9 Å². The van der Waals surface area contributed by atoms with Crippen molar-refractivity contribution in [2.75, 3.05) is 0 Å². The van der Waals surface area contributed by atoms with Gasteiger partial charge in [-0.15, -0.1) is 0 Å². The van der Waals surface area contributed by atoms with Crippen molar-refractivity contribution < 1.29 is 19.8 Å². The Balaban J connectivity index is 2.75. The van der Waals surface area contributed by atoms with Crippen LogP contribution < -0.4 is 0 Å². The first-order chi connectivity index (χ1) is 6.04. The van der Waals surface area contributed by atoms with E-state index in [1.54, 1.807) is 0 Å². The molecule has 0 saturated heterocycles. The third kappa shape index (κ3) is 1.99. The first-order valence-electron chi connectivity index (χ1n) is 4.49. The minimum atomic E-state index is -1.21. The van der Waals surface area contributed by atoms with Crippen LogP contribution in [0.4, 0.5) is 0 Å². The topological polar surface area (TPSA) is 74.6 Å². The molecule has 4 heteroatoms. The molecule has 13 heavy (non-hydrogen) atoms. The van der Waals surface area contributed by atoms with E-state index in [9.17, 15) is 9.59 Å². The summed E-state index contributed by atoms with van der Waals surface area (Å²) < 4.78 is 0. The van der Waals surface area contributed by atoms with Gasteiger partial charge in [0.05, 0.1) is 0 Å². The standard InChI is InChI=1S/C9H14O4/c1-5-3-2-4-6(5)7(8(10)11)9(12)13/h5-7H,2-4H2,1H3,(H,10,11)(H,12,13). The number of carboxylic acids is 2. The minimum Gasteiger partial charge on any atom is -0.481 e. The third-order valence-corrected chi connectivity index (χ3v) is 2.89. The van der Waals surface area contributed by atoms with Gasteiger partial charge < -0.3 is 10.2 Å². The Labute approximate surface area is 76.6 Å². The number of carbonyl (C=O) groups is 2. The maximum Gasteiger partial charge on any atom is 0.318 e. The van der Waals surface area contributed by atoms with E-state index in [2.05, 4.69) is 0 Å². The largest absolute Gasteiger partial charge is 0.481 e. The van der Waals surface area contributed by atoms with Crippen molar-refractivity contribution in [3.8, 4) is 0 Å². The van der Waals surface area contributed by atoms with Gasteiger partial charge in [0.1, 0.15) is 0 Å². The smallest absolute Gasteiger partial charge is 0.318 e. The summed E-state index contributed by atoms with van der Waals surface area (Å²) in [5.74, 6) is -3.58. The Morgan fingerprint density at radius 3 is 2.08 bits per heavy atom. The quantitative estimate of drug-likeness (QED) is 0.649. The zero-order valence-electron chi connectivity index (χ0n) is 7.56. The summed E-state index contributed by atoms with van der Waals surface area (Å²) in [6.45, 7) is 1.93. The number of hydrogen-bond donors (Lipinski definition) is 2. The van der Waals surface area contributed by atoms with Crippen LogP contribution in [0.3, 0.4) is 0 Å². The SMILES string of the molecule is CC1CCCC1C(C(=O)O)C(=O)O. The summed E-state index contributed by atoms with van der Waals surface area (Å²) in [5, 5.41) is 17.5. The van der Waals surface area contributed by atoms with Crippen molar-refractivity contribution in [2.45, 2.75) is 26.2 Å². The van der Waals surface area contributed by atoms with Crippen LogP contribution >= 0.6 is 0 Å². The lowest BCUT2D eigenvalue weighted by Gasteiger charge is -2.19. The predicted octanol–water partition coefficient (Wildman–Crippen LogP) is 1.21. The zero-order chi connectivity index (χ0) is 10.0. The van der Waals surface area contributed by atoms with Gasteiger partial charge in [-0.3, -0.25) is 9.59 Å². The summed E-state index contributed by atoms with van der Waals surface area (Å²) in [7, 11) is 0. The zero-order valence-corrected chi connectivity index (χ0v) is 7.56. The van der Waals surface area contributed by atoms with E-state index in [-0.39, 0.29) is 11.8 Å². The average Bonchev–Trinajstić information content (AvgIpc) is 2.35. The maximum atomic E-state index is 10.7. The summed E-state index contributed by atoms with van der Waals surface area (Å²) in [6, 6.07) is 0. The van der Waals surface area contributed by atoms with Crippen LogP contribution in [0.2, 0.25) is 0 Å². The molecule has 2 N–H and O–H groups in total. The summed E-state index contributed by atoms with van der Waals surface area (Å²) in [6.07, 6.45) is 2.62. The second-order valence-corrected chi connectivity index (χ2v) is 3.73. The van der Waals surface area contributed by atoms with Gasteiger partial charge in [-0.25, -0.2) is 0 Å². The Bertz CT molecular complexity index is 210. The molecule has 0 aliphatic heterocycles. The Morgan fingerprint density at radius 1 is 1.23 bits per heavy atom. The molecule has 1 aliphatic carbocycles. The predicted molar refractivity (Wildman–Crippen MR) is 45.3 cm³/mol. The van der Waals surface area contributed by atoms with Gasteiger partial charge in [-0.05, 0) is 18.3 Å². The van der Waals surface area contributed by atoms with Crippen LogP contribution in [-0.4, -0.2) is 22.2 Å². The average molecular weight is 186 g/mol. The highest BCUT2D eigenvalue weighted by molar-refractivity contribution is 5.93. The van der Waals surface area contributed by atoms with Crippen LogP contribution in [0, 0.1) is 17.8 Å². The molecule has 0 bridgehead atoms. The van der Waals surface area contributed by atoms with Gasteiger partial charge in [0.2, 0.25) is 0 Å². The van der Waals surface area contributed by atoms with Crippen molar-refractivity contribution in [1.82, 2.24) is 0 Å². The first kappa shape index (κ1) is 10.0. The normalized spacial score (nSPS) is 27.8. The monoisotopic (exact) mass is 186 g/mol. The van der Waals surface area contributed by atoms with Gasteiger partial charge in [-0.2, -0.15) is 0 Å². The van der Waals surface area contributed by atoms with E-state index in [4.69, 9.17) is 10.2 Å². The van der Waals surface area contributed by atoms with Crippen molar-refractivity contribution >= 4 is 11.9 Å². The second kappa shape index (κ2) is 3.77. The molecule has 2 atom stereocenters. The molecule has 1 saturated carbocycles. The van der Waals surface area contributed by atoms with Crippen molar-refractivity contribution in [3.05, 3.63) is 0 Å². The Kier molecular flexibility index (Phi) is 2.90. The lowest BCUT2D eigenvalue weighted by atomic mass is 9.85. The van der Waals surface area contributed by atoms with Gasteiger partial charge in [0.25, 0.3) is 0 Å². The summed E-state index contributed by atoms with van der Waals surface area (Å²) in [5.41, 5.74) is 0. The third-order valence-electron chi connectivity index (χ3n) is 2.89. The van der Waals surface area contributed by atoms with Crippen LogP contribution in [0.1, 0.15) is 26.2 Å². The molecule has 1 aliphatic rings. The highest BCUT2D eigenvalue weighted by Crippen LogP contribution is 2.36. The maximum absolute atomic E-state index is 10.7. The lowest BCUT2D eigenvalue weighted by Crippen LogP contribution is -2.32. The number of hydrogen-bond acceptors (Lipinski definition) is 2. The van der Waals surface area contributed by atoms with Crippen LogP contribution in [-0.2, 0) is 9.59 Å². The molecule has 0 heterocycles. The highest BCUT2D eigenvalue weighted by Gasteiger charge is 2.39.